The molecule has 0 aliphatic carbocycles. The number of ether oxygens (including phenoxy) is 1. The molecule has 1 nitrogen and oxygen atoms in total. The van der Waals surface area contributed by atoms with Gasteiger partial charge in [-0.1, -0.05) is 5.46 Å². The number of hydrogen-bond donors (Lipinski definition) is 0. The Morgan fingerprint density at radius 3 is 2.43 bits per heavy atom. The summed E-state index contributed by atoms with van der Waals surface area (Å²) in [7, 11) is 0. The number of hydrogen-bond acceptors (Lipinski definition) is 1. The molecule has 0 aromatic heterocycles. The van der Waals surface area contributed by atoms with Gasteiger partial charge >= 0.3 is 6.98 Å². The van der Waals surface area contributed by atoms with E-state index in [9.17, 15) is 17.3 Å². The van der Waals surface area contributed by atoms with E-state index >= 15 is 0 Å². The van der Waals surface area contributed by atoms with Crippen LogP contribution in [0, 0.1) is 5.82 Å². The van der Waals surface area contributed by atoms with Crippen molar-refractivity contribution in [1.82, 2.24) is 0 Å². The van der Waals surface area contributed by atoms with E-state index in [-0.39, 0.29) is 12.4 Å². The molecule has 0 radical (unpaired) electrons. The van der Waals surface area contributed by atoms with E-state index in [4.69, 9.17) is 4.74 Å². The van der Waals surface area contributed by atoms with Crippen molar-refractivity contribution in [2.75, 3.05) is 6.61 Å². The zero-order chi connectivity index (χ0) is 10.8. The fraction of sp³-hybridized carbons (Fsp3) is 0.250. The highest BCUT2D eigenvalue weighted by Crippen LogP contribution is 2.16. The van der Waals surface area contributed by atoms with Crippen molar-refractivity contribution in [3.05, 3.63) is 24.0 Å². The number of benzene rings is 1. The van der Waals surface area contributed by atoms with Crippen molar-refractivity contribution in [2.45, 2.75) is 6.92 Å². The van der Waals surface area contributed by atoms with E-state index < -0.39 is 18.3 Å². The van der Waals surface area contributed by atoms with Gasteiger partial charge in [0.15, 0.2) is 0 Å². The van der Waals surface area contributed by atoms with Gasteiger partial charge in [-0.15, -0.1) is 0 Å². The van der Waals surface area contributed by atoms with Gasteiger partial charge in [0, 0.05) is 0 Å². The van der Waals surface area contributed by atoms with Crippen LogP contribution in [0.3, 0.4) is 0 Å². The summed E-state index contributed by atoms with van der Waals surface area (Å²) >= 11 is 0. The standard InChI is InChI=1S/C8H8BF4O/c1-2-14-6-3-4-8(10)7(5-6)9(11,12)13/h3-5H,2H2,1H3/q-1. The van der Waals surface area contributed by atoms with Crippen LogP contribution in [0.4, 0.5) is 17.3 Å². The summed E-state index contributed by atoms with van der Waals surface area (Å²) in [6.07, 6.45) is 0. The van der Waals surface area contributed by atoms with Crippen LogP contribution < -0.4 is 10.2 Å². The lowest BCUT2D eigenvalue weighted by molar-refractivity contribution is 0.339. The summed E-state index contributed by atoms with van der Waals surface area (Å²) < 4.78 is 54.3. The van der Waals surface area contributed by atoms with Crippen molar-refractivity contribution in [1.29, 1.82) is 0 Å². The van der Waals surface area contributed by atoms with Crippen LogP contribution in [0.15, 0.2) is 18.2 Å². The monoisotopic (exact) mass is 207 g/mol. The smallest absolute Gasteiger partial charge is 0.494 e. The summed E-state index contributed by atoms with van der Waals surface area (Å²) in [5.74, 6) is -1.23. The molecule has 78 valence electrons. The lowest BCUT2D eigenvalue weighted by Gasteiger charge is -2.16. The second-order valence-corrected chi connectivity index (χ2v) is 2.69. The first kappa shape index (κ1) is 10.9. The topological polar surface area (TPSA) is 9.23 Å². The van der Waals surface area contributed by atoms with E-state index in [1.165, 1.54) is 6.07 Å². The highest BCUT2D eigenvalue weighted by atomic mass is 19.4. The van der Waals surface area contributed by atoms with E-state index in [0.717, 1.165) is 6.07 Å². The third kappa shape index (κ3) is 2.40. The van der Waals surface area contributed by atoms with Crippen LogP contribution >= 0.6 is 0 Å². The Balaban J connectivity index is 3.09. The van der Waals surface area contributed by atoms with Gasteiger partial charge in [-0.3, -0.25) is 0 Å². The van der Waals surface area contributed by atoms with Crippen LogP contribution in [-0.4, -0.2) is 13.6 Å². The normalized spacial score (nSPS) is 11.5. The highest BCUT2D eigenvalue weighted by molar-refractivity contribution is 6.73. The van der Waals surface area contributed by atoms with E-state index in [1.807, 2.05) is 0 Å². The number of halogens is 4. The zero-order valence-electron chi connectivity index (χ0n) is 7.44. The third-order valence-electron chi connectivity index (χ3n) is 1.63. The van der Waals surface area contributed by atoms with Crippen LogP contribution in [0.25, 0.3) is 0 Å². The average molecular weight is 207 g/mol. The maximum Gasteiger partial charge on any atom is 0.512 e. The molecule has 0 amide bonds. The number of rotatable bonds is 3. The molecule has 0 atom stereocenters. The molecule has 0 N–H and O–H groups in total. The summed E-state index contributed by atoms with van der Waals surface area (Å²) in [4.78, 5) is 0. The molecule has 0 saturated heterocycles. The Morgan fingerprint density at radius 1 is 1.29 bits per heavy atom. The minimum atomic E-state index is -5.32. The average Bonchev–Trinajstić information content (AvgIpc) is 2.07. The molecule has 1 rings (SSSR count). The van der Waals surface area contributed by atoms with Crippen LogP contribution in [0.5, 0.6) is 5.75 Å². The fourth-order valence-corrected chi connectivity index (χ4v) is 1.03. The summed E-state index contributed by atoms with van der Waals surface area (Å²) in [5.41, 5.74) is -1.24. The molecule has 0 heterocycles. The van der Waals surface area contributed by atoms with Crippen molar-refractivity contribution in [3.63, 3.8) is 0 Å². The summed E-state index contributed by atoms with van der Waals surface area (Å²) in [6.45, 7) is -3.43. The third-order valence-corrected chi connectivity index (χ3v) is 1.63. The van der Waals surface area contributed by atoms with Gasteiger partial charge in [0.1, 0.15) is 5.75 Å². The molecule has 1 aromatic carbocycles. The SMILES string of the molecule is CCOc1ccc(F)c([B-](F)(F)F)c1. The van der Waals surface area contributed by atoms with Crippen molar-refractivity contribution in [3.8, 4) is 5.75 Å². The minimum absolute atomic E-state index is 0.0306. The van der Waals surface area contributed by atoms with Gasteiger partial charge in [-0.05, 0) is 25.1 Å². The van der Waals surface area contributed by atoms with Gasteiger partial charge in [0.25, 0.3) is 0 Å². The first-order valence-corrected chi connectivity index (χ1v) is 4.07. The van der Waals surface area contributed by atoms with Gasteiger partial charge in [0.05, 0.1) is 12.4 Å². The second kappa shape index (κ2) is 3.90. The van der Waals surface area contributed by atoms with E-state index in [2.05, 4.69) is 0 Å². The first-order chi connectivity index (χ1) is 6.45. The van der Waals surface area contributed by atoms with Crippen LogP contribution in [0.1, 0.15) is 6.92 Å². The molecular formula is C8H8BF4O-. The molecule has 0 fully saturated rings. The molecule has 0 aliphatic heterocycles. The summed E-state index contributed by atoms with van der Waals surface area (Å²) in [5, 5.41) is 0. The molecule has 0 aliphatic rings. The Hall–Kier alpha value is -1.20. The van der Waals surface area contributed by atoms with Gasteiger partial charge < -0.3 is 17.7 Å². The Kier molecular flexibility index (Phi) is 3.03. The fourth-order valence-electron chi connectivity index (χ4n) is 1.03. The molecular weight excluding hydrogens is 199 g/mol. The molecule has 0 bridgehead atoms. The lowest BCUT2D eigenvalue weighted by Crippen LogP contribution is -2.36. The Morgan fingerprint density at radius 2 is 1.93 bits per heavy atom. The molecule has 0 spiro atoms. The first-order valence-electron chi connectivity index (χ1n) is 4.07. The van der Waals surface area contributed by atoms with Gasteiger partial charge in [-0.25, -0.2) is 4.39 Å². The maximum atomic E-state index is 12.7. The molecule has 0 saturated carbocycles. The predicted octanol–water partition coefficient (Wildman–Crippen LogP) is 2.28. The zero-order valence-corrected chi connectivity index (χ0v) is 7.44. The lowest BCUT2D eigenvalue weighted by atomic mass is 9.79. The molecule has 0 unspecified atom stereocenters. The largest absolute Gasteiger partial charge is 0.512 e. The summed E-state index contributed by atoms with van der Waals surface area (Å²) in [6, 6.07) is 2.61. The van der Waals surface area contributed by atoms with Gasteiger partial charge in [-0.2, -0.15) is 0 Å². The molecule has 14 heavy (non-hydrogen) atoms. The second-order valence-electron chi connectivity index (χ2n) is 2.69. The predicted molar refractivity (Wildman–Crippen MR) is 46.3 cm³/mol. The molecule has 1 aromatic rings. The minimum Gasteiger partial charge on any atom is -0.494 e. The van der Waals surface area contributed by atoms with E-state index in [1.54, 1.807) is 6.92 Å². The maximum absolute atomic E-state index is 12.7. The van der Waals surface area contributed by atoms with Crippen LogP contribution in [-0.2, 0) is 0 Å². The van der Waals surface area contributed by atoms with E-state index in [0.29, 0.717) is 6.07 Å². The van der Waals surface area contributed by atoms with Crippen molar-refractivity contribution >= 4 is 12.4 Å². The van der Waals surface area contributed by atoms with Crippen LogP contribution in [0.2, 0.25) is 0 Å². The molecule has 6 heteroatoms. The van der Waals surface area contributed by atoms with Crippen molar-refractivity contribution in [2.24, 2.45) is 0 Å². The Bertz CT molecular complexity index is 324. The van der Waals surface area contributed by atoms with Crippen molar-refractivity contribution < 1.29 is 22.1 Å². The highest BCUT2D eigenvalue weighted by Gasteiger charge is 2.29. The Labute approximate surface area is 78.7 Å². The quantitative estimate of drug-likeness (QED) is 0.545. The van der Waals surface area contributed by atoms with Gasteiger partial charge in [0.2, 0.25) is 0 Å².